The second-order valence-corrected chi connectivity index (χ2v) is 8.98. The number of likely N-dealkylation sites (N-methyl/N-ethyl adjacent to an activating group) is 1. The van der Waals surface area contributed by atoms with Gasteiger partial charge in [0.1, 0.15) is 22.5 Å². The van der Waals surface area contributed by atoms with Crippen LogP contribution in [0.1, 0.15) is 25.2 Å². The van der Waals surface area contributed by atoms with Crippen molar-refractivity contribution in [3.05, 3.63) is 82.7 Å². The van der Waals surface area contributed by atoms with E-state index in [9.17, 15) is 14.9 Å². The molecule has 0 unspecified atom stereocenters. The van der Waals surface area contributed by atoms with Gasteiger partial charge in [-0.15, -0.1) is 0 Å². The normalized spacial score (nSPS) is 15.0. The molecule has 174 valence electrons. The summed E-state index contributed by atoms with van der Waals surface area (Å²) >= 11 is 1.40. The predicted octanol–water partition coefficient (Wildman–Crippen LogP) is 4.63. The molecule has 2 amide bonds. The standard InChI is InChI=1S/C27H18N6O2S/c1-3-32-26(34)20(16(2)21(15-29)27(32)35)13-22-30-25-23(33(22)19-7-5-4-6-8-19)31-24(36-25)18-11-9-17(14-28)10-12-18/h4-13H,3H2,1-2H3/b20-13-. The Labute approximate surface area is 210 Å². The average molecular weight is 491 g/mol. The molecule has 3 heterocycles. The summed E-state index contributed by atoms with van der Waals surface area (Å²) in [6.45, 7) is 3.45. The number of hydrogen-bond acceptors (Lipinski definition) is 7. The van der Waals surface area contributed by atoms with Gasteiger partial charge in [0.15, 0.2) is 10.5 Å². The fraction of sp³-hybridized carbons (Fsp3) is 0.111. The average Bonchev–Trinajstić information content (AvgIpc) is 3.45. The maximum Gasteiger partial charge on any atom is 0.271 e. The molecule has 36 heavy (non-hydrogen) atoms. The van der Waals surface area contributed by atoms with E-state index in [1.54, 1.807) is 32.1 Å². The fourth-order valence-electron chi connectivity index (χ4n) is 4.07. The number of imide groups is 1. The molecule has 0 spiro atoms. The first kappa shape index (κ1) is 22.9. The SMILES string of the molecule is CCN1C(=O)C(C#N)=C(C)/C(=C/c2nc3sc(-c4ccc(C#N)cc4)nc3n2-c2ccccc2)C1=O. The molecule has 8 nitrogen and oxygen atoms in total. The van der Waals surface area contributed by atoms with Crippen molar-refractivity contribution in [1.29, 1.82) is 10.5 Å². The molecule has 9 heteroatoms. The molecule has 0 bridgehead atoms. The Hall–Kier alpha value is -4.86. The minimum Gasteiger partial charge on any atom is -0.276 e. The number of fused-ring (bicyclic) bond motifs is 1. The lowest BCUT2D eigenvalue weighted by molar-refractivity contribution is -0.140. The van der Waals surface area contributed by atoms with E-state index < -0.39 is 11.8 Å². The quantitative estimate of drug-likeness (QED) is 0.304. The summed E-state index contributed by atoms with van der Waals surface area (Å²) in [5.41, 5.74) is 3.38. The number of nitriles is 2. The Bertz CT molecular complexity index is 1680. The number of carbonyl (C=O) groups excluding carboxylic acids is 2. The van der Waals surface area contributed by atoms with Crippen LogP contribution < -0.4 is 0 Å². The number of thiazole rings is 1. The van der Waals surface area contributed by atoms with Crippen molar-refractivity contribution in [2.24, 2.45) is 0 Å². The molecule has 0 N–H and O–H groups in total. The Balaban J connectivity index is 1.71. The summed E-state index contributed by atoms with van der Waals surface area (Å²) in [4.78, 5) is 37.1. The van der Waals surface area contributed by atoms with Gasteiger partial charge in [0.2, 0.25) is 0 Å². The minimum atomic E-state index is -0.583. The number of nitrogens with zero attached hydrogens (tertiary/aromatic N) is 6. The lowest BCUT2D eigenvalue weighted by Gasteiger charge is -2.26. The highest BCUT2D eigenvalue weighted by atomic mass is 32.1. The summed E-state index contributed by atoms with van der Waals surface area (Å²) in [7, 11) is 0. The number of hydrogen-bond donors (Lipinski definition) is 0. The molecular formula is C27H18N6O2S. The summed E-state index contributed by atoms with van der Waals surface area (Å²) in [5.74, 6) is -0.580. The third-order valence-electron chi connectivity index (χ3n) is 5.94. The van der Waals surface area contributed by atoms with Gasteiger partial charge in [-0.2, -0.15) is 10.5 Å². The van der Waals surface area contributed by atoms with Gasteiger partial charge < -0.3 is 0 Å². The monoisotopic (exact) mass is 490 g/mol. The van der Waals surface area contributed by atoms with E-state index in [-0.39, 0.29) is 17.7 Å². The predicted molar refractivity (Wildman–Crippen MR) is 136 cm³/mol. The van der Waals surface area contributed by atoms with E-state index >= 15 is 0 Å². The second kappa shape index (κ2) is 9.06. The third kappa shape index (κ3) is 3.68. The molecule has 2 aromatic heterocycles. The smallest absolute Gasteiger partial charge is 0.271 e. The van der Waals surface area contributed by atoms with Gasteiger partial charge in [0.25, 0.3) is 11.8 Å². The van der Waals surface area contributed by atoms with E-state index in [1.807, 2.05) is 53.1 Å². The van der Waals surface area contributed by atoms with E-state index in [2.05, 4.69) is 6.07 Å². The zero-order valence-corrected chi connectivity index (χ0v) is 20.2. The number of carbonyl (C=O) groups is 2. The molecule has 1 aliphatic rings. The van der Waals surface area contributed by atoms with Crippen LogP contribution in [-0.4, -0.2) is 37.8 Å². The van der Waals surface area contributed by atoms with Crippen LogP contribution in [0.3, 0.4) is 0 Å². The second-order valence-electron chi connectivity index (χ2n) is 8.00. The maximum absolute atomic E-state index is 13.2. The van der Waals surface area contributed by atoms with Crippen molar-refractivity contribution < 1.29 is 9.59 Å². The molecule has 0 saturated carbocycles. The molecule has 5 rings (SSSR count). The van der Waals surface area contributed by atoms with Gasteiger partial charge in [0.05, 0.1) is 11.6 Å². The van der Waals surface area contributed by atoms with E-state index in [0.29, 0.717) is 27.4 Å². The summed E-state index contributed by atoms with van der Waals surface area (Å²) < 4.78 is 1.85. The van der Waals surface area contributed by atoms with Crippen molar-refractivity contribution in [1.82, 2.24) is 19.4 Å². The van der Waals surface area contributed by atoms with Crippen LogP contribution >= 0.6 is 11.3 Å². The zero-order chi connectivity index (χ0) is 25.4. The van der Waals surface area contributed by atoms with Gasteiger partial charge in [-0.3, -0.25) is 19.1 Å². The first-order valence-electron chi connectivity index (χ1n) is 11.1. The van der Waals surface area contributed by atoms with E-state index in [1.165, 1.54) is 11.3 Å². The number of imidazole rings is 1. The van der Waals surface area contributed by atoms with Crippen LogP contribution in [-0.2, 0) is 9.59 Å². The molecular weight excluding hydrogens is 472 g/mol. The lowest BCUT2D eigenvalue weighted by atomic mass is 9.95. The molecule has 0 saturated heterocycles. The Morgan fingerprint density at radius 1 is 0.972 bits per heavy atom. The van der Waals surface area contributed by atoms with Crippen molar-refractivity contribution in [3.63, 3.8) is 0 Å². The van der Waals surface area contributed by atoms with Crippen molar-refractivity contribution in [3.8, 4) is 28.4 Å². The molecule has 4 aromatic rings. The molecule has 2 aromatic carbocycles. The van der Waals surface area contributed by atoms with Crippen molar-refractivity contribution in [2.75, 3.05) is 6.54 Å². The summed E-state index contributed by atoms with van der Waals surface area (Å²) in [5, 5.41) is 19.4. The molecule has 0 aliphatic carbocycles. The third-order valence-corrected chi connectivity index (χ3v) is 6.93. The molecule has 0 fully saturated rings. The maximum atomic E-state index is 13.2. The summed E-state index contributed by atoms with van der Waals surface area (Å²) in [6.07, 6.45) is 1.62. The highest BCUT2D eigenvalue weighted by molar-refractivity contribution is 7.21. The number of benzene rings is 2. The summed E-state index contributed by atoms with van der Waals surface area (Å²) in [6, 6.07) is 20.8. The Morgan fingerprint density at radius 3 is 2.33 bits per heavy atom. The van der Waals surface area contributed by atoms with Crippen LogP contribution in [0, 0.1) is 22.7 Å². The van der Waals surface area contributed by atoms with Crippen molar-refractivity contribution >= 4 is 39.7 Å². The topological polar surface area (TPSA) is 116 Å². The number of para-hydroxylation sites is 1. The Morgan fingerprint density at radius 2 is 1.69 bits per heavy atom. The van der Waals surface area contributed by atoms with Gasteiger partial charge in [-0.05, 0) is 49.8 Å². The first-order chi connectivity index (χ1) is 17.5. The molecule has 0 atom stereocenters. The first-order valence-corrected chi connectivity index (χ1v) is 11.9. The largest absolute Gasteiger partial charge is 0.276 e. The molecule has 0 radical (unpaired) electrons. The van der Waals surface area contributed by atoms with Crippen LogP contribution in [0.25, 0.3) is 32.8 Å². The van der Waals surface area contributed by atoms with Crippen LogP contribution in [0.5, 0.6) is 0 Å². The van der Waals surface area contributed by atoms with Crippen LogP contribution in [0.2, 0.25) is 0 Å². The van der Waals surface area contributed by atoms with E-state index in [4.69, 9.17) is 15.2 Å². The van der Waals surface area contributed by atoms with Gasteiger partial charge in [-0.1, -0.05) is 41.7 Å². The van der Waals surface area contributed by atoms with E-state index in [0.717, 1.165) is 21.2 Å². The lowest BCUT2D eigenvalue weighted by Crippen LogP contribution is -2.42. The zero-order valence-electron chi connectivity index (χ0n) is 19.4. The van der Waals surface area contributed by atoms with Crippen LogP contribution in [0.15, 0.2) is 71.3 Å². The van der Waals surface area contributed by atoms with Crippen molar-refractivity contribution in [2.45, 2.75) is 13.8 Å². The number of rotatable bonds is 4. The van der Waals surface area contributed by atoms with Gasteiger partial charge >= 0.3 is 0 Å². The highest BCUT2D eigenvalue weighted by Gasteiger charge is 2.35. The number of amides is 2. The number of aromatic nitrogens is 3. The Kier molecular flexibility index (Phi) is 5.77. The van der Waals surface area contributed by atoms with Crippen LogP contribution in [0.4, 0.5) is 0 Å². The molecule has 1 aliphatic heterocycles. The van der Waals surface area contributed by atoms with Gasteiger partial charge in [-0.25, -0.2) is 9.97 Å². The minimum absolute atomic E-state index is 0.0523. The van der Waals surface area contributed by atoms with Gasteiger partial charge in [0, 0.05) is 23.4 Å². The highest BCUT2D eigenvalue weighted by Crippen LogP contribution is 2.34. The fourth-order valence-corrected chi connectivity index (χ4v) is 5.01.